The Morgan fingerprint density at radius 1 is 1.24 bits per heavy atom. The fourth-order valence-electron chi connectivity index (χ4n) is 2.20. The molecule has 4 heteroatoms. The maximum atomic E-state index is 11.6. The number of amides is 1. The molecular formula is C13H26N2O2. The van der Waals surface area contributed by atoms with Gasteiger partial charge in [0.1, 0.15) is 0 Å². The van der Waals surface area contributed by atoms with E-state index in [0.29, 0.717) is 18.7 Å². The number of nitrogens with one attached hydrogen (secondary N) is 2. The molecule has 100 valence electrons. The highest BCUT2D eigenvalue weighted by Gasteiger charge is 2.21. The molecule has 1 rings (SSSR count). The summed E-state index contributed by atoms with van der Waals surface area (Å²) in [5.41, 5.74) is -0.146. The van der Waals surface area contributed by atoms with Gasteiger partial charge in [0.15, 0.2) is 0 Å². The second-order valence-electron chi connectivity index (χ2n) is 5.89. The maximum Gasteiger partial charge on any atom is 0.234 e. The molecule has 1 saturated carbocycles. The summed E-state index contributed by atoms with van der Waals surface area (Å²) >= 11 is 0. The number of rotatable bonds is 4. The van der Waals surface area contributed by atoms with E-state index in [1.54, 1.807) is 7.11 Å². The molecule has 0 unspecified atom stereocenters. The van der Waals surface area contributed by atoms with Crippen LogP contribution in [0.1, 0.15) is 46.5 Å². The minimum atomic E-state index is -0.146. The van der Waals surface area contributed by atoms with E-state index in [1.807, 2.05) is 20.8 Å². The lowest BCUT2D eigenvalue weighted by Crippen LogP contribution is -2.47. The summed E-state index contributed by atoms with van der Waals surface area (Å²) in [6.45, 7) is 6.40. The van der Waals surface area contributed by atoms with Gasteiger partial charge in [-0.1, -0.05) is 0 Å². The molecule has 0 aromatic carbocycles. The van der Waals surface area contributed by atoms with Gasteiger partial charge in [-0.2, -0.15) is 0 Å². The molecule has 0 radical (unpaired) electrons. The lowest BCUT2D eigenvalue weighted by atomic mass is 9.93. The minimum absolute atomic E-state index is 0.0753. The van der Waals surface area contributed by atoms with Crippen LogP contribution in [0.25, 0.3) is 0 Å². The summed E-state index contributed by atoms with van der Waals surface area (Å²) < 4.78 is 5.32. The molecule has 0 aliphatic heterocycles. The molecule has 1 amide bonds. The highest BCUT2D eigenvalue weighted by molar-refractivity contribution is 5.78. The van der Waals surface area contributed by atoms with Crippen molar-refractivity contribution in [2.75, 3.05) is 13.7 Å². The molecule has 17 heavy (non-hydrogen) atoms. The third-order valence-electron chi connectivity index (χ3n) is 3.07. The van der Waals surface area contributed by atoms with Crippen LogP contribution < -0.4 is 10.6 Å². The van der Waals surface area contributed by atoms with Crippen molar-refractivity contribution in [3.05, 3.63) is 0 Å². The molecule has 1 fully saturated rings. The maximum absolute atomic E-state index is 11.6. The van der Waals surface area contributed by atoms with E-state index in [9.17, 15) is 4.79 Å². The Kier molecular flexibility index (Phi) is 5.40. The number of carbonyl (C=O) groups excluding carboxylic acids is 1. The lowest BCUT2D eigenvalue weighted by Gasteiger charge is -2.28. The van der Waals surface area contributed by atoms with Crippen molar-refractivity contribution in [1.29, 1.82) is 0 Å². The Morgan fingerprint density at radius 3 is 2.29 bits per heavy atom. The van der Waals surface area contributed by atoms with Crippen LogP contribution in [0.5, 0.6) is 0 Å². The van der Waals surface area contributed by atoms with Crippen molar-refractivity contribution in [3.8, 4) is 0 Å². The summed E-state index contributed by atoms with van der Waals surface area (Å²) in [5.74, 6) is 0.0753. The summed E-state index contributed by atoms with van der Waals surface area (Å²) in [4.78, 5) is 11.6. The van der Waals surface area contributed by atoms with Gasteiger partial charge in [0.05, 0.1) is 12.6 Å². The Hall–Kier alpha value is -0.610. The first-order valence-corrected chi connectivity index (χ1v) is 6.48. The summed E-state index contributed by atoms with van der Waals surface area (Å²) in [6, 6.07) is 0.465. The number of hydrogen-bond acceptors (Lipinski definition) is 3. The van der Waals surface area contributed by atoms with Gasteiger partial charge in [0.25, 0.3) is 0 Å². The van der Waals surface area contributed by atoms with Crippen molar-refractivity contribution in [1.82, 2.24) is 10.6 Å². The zero-order valence-corrected chi connectivity index (χ0v) is 11.5. The fraction of sp³-hybridized carbons (Fsp3) is 0.923. The van der Waals surface area contributed by atoms with E-state index in [2.05, 4.69) is 10.6 Å². The average Bonchev–Trinajstić information content (AvgIpc) is 2.25. The second kappa shape index (κ2) is 6.36. The quantitative estimate of drug-likeness (QED) is 0.784. The fourth-order valence-corrected chi connectivity index (χ4v) is 2.20. The molecule has 0 saturated heterocycles. The third kappa shape index (κ3) is 6.03. The molecule has 0 aromatic rings. The normalized spacial score (nSPS) is 25.6. The van der Waals surface area contributed by atoms with Crippen LogP contribution in [0.4, 0.5) is 0 Å². The van der Waals surface area contributed by atoms with E-state index in [0.717, 1.165) is 25.7 Å². The van der Waals surface area contributed by atoms with Crippen molar-refractivity contribution in [3.63, 3.8) is 0 Å². The summed E-state index contributed by atoms with van der Waals surface area (Å²) in [7, 11) is 1.77. The molecule has 0 atom stereocenters. The van der Waals surface area contributed by atoms with Gasteiger partial charge in [-0.3, -0.25) is 4.79 Å². The van der Waals surface area contributed by atoms with Crippen LogP contribution in [0.2, 0.25) is 0 Å². The van der Waals surface area contributed by atoms with E-state index < -0.39 is 0 Å². The Bertz CT molecular complexity index is 240. The minimum Gasteiger partial charge on any atom is -0.381 e. The van der Waals surface area contributed by atoms with E-state index in [4.69, 9.17) is 4.74 Å². The first-order chi connectivity index (χ1) is 7.90. The molecule has 1 aliphatic rings. The van der Waals surface area contributed by atoms with Crippen molar-refractivity contribution in [2.45, 2.75) is 64.1 Å². The monoisotopic (exact) mass is 242 g/mol. The largest absolute Gasteiger partial charge is 0.381 e. The van der Waals surface area contributed by atoms with Crippen LogP contribution in [0.15, 0.2) is 0 Å². The first kappa shape index (κ1) is 14.5. The van der Waals surface area contributed by atoms with Gasteiger partial charge in [0, 0.05) is 18.7 Å². The Morgan fingerprint density at radius 2 is 1.82 bits per heavy atom. The van der Waals surface area contributed by atoms with Crippen molar-refractivity contribution >= 4 is 5.91 Å². The lowest BCUT2D eigenvalue weighted by molar-refractivity contribution is -0.121. The molecule has 0 heterocycles. The van der Waals surface area contributed by atoms with Gasteiger partial charge in [-0.05, 0) is 46.5 Å². The molecule has 0 spiro atoms. The number of carbonyl (C=O) groups is 1. The predicted molar refractivity (Wildman–Crippen MR) is 69.0 cm³/mol. The van der Waals surface area contributed by atoms with Gasteiger partial charge < -0.3 is 15.4 Å². The average molecular weight is 242 g/mol. The third-order valence-corrected chi connectivity index (χ3v) is 3.07. The first-order valence-electron chi connectivity index (χ1n) is 6.48. The Labute approximate surface area is 104 Å². The SMILES string of the molecule is COC1CCC(NCC(=O)NC(C)(C)C)CC1. The summed E-state index contributed by atoms with van der Waals surface area (Å²) in [5, 5.41) is 6.27. The molecule has 2 N–H and O–H groups in total. The summed E-state index contributed by atoms with van der Waals surface area (Å²) in [6.07, 6.45) is 4.80. The zero-order valence-electron chi connectivity index (χ0n) is 11.5. The van der Waals surface area contributed by atoms with E-state index >= 15 is 0 Å². The molecular weight excluding hydrogens is 216 g/mol. The van der Waals surface area contributed by atoms with Gasteiger partial charge in [0.2, 0.25) is 5.91 Å². The topological polar surface area (TPSA) is 50.4 Å². The molecule has 0 bridgehead atoms. The van der Waals surface area contributed by atoms with Crippen molar-refractivity contribution in [2.24, 2.45) is 0 Å². The van der Waals surface area contributed by atoms with Gasteiger partial charge in [-0.25, -0.2) is 0 Å². The van der Waals surface area contributed by atoms with Crippen LogP contribution in [0, 0.1) is 0 Å². The van der Waals surface area contributed by atoms with Crippen LogP contribution >= 0.6 is 0 Å². The van der Waals surface area contributed by atoms with Crippen molar-refractivity contribution < 1.29 is 9.53 Å². The highest BCUT2D eigenvalue weighted by atomic mass is 16.5. The number of ether oxygens (including phenoxy) is 1. The molecule has 4 nitrogen and oxygen atoms in total. The van der Waals surface area contributed by atoms with Gasteiger partial charge >= 0.3 is 0 Å². The molecule has 1 aliphatic carbocycles. The second-order valence-corrected chi connectivity index (χ2v) is 5.89. The predicted octanol–water partition coefficient (Wildman–Crippen LogP) is 1.45. The Balaban J connectivity index is 2.17. The molecule has 0 aromatic heterocycles. The van der Waals surface area contributed by atoms with E-state index in [1.165, 1.54) is 0 Å². The van der Waals surface area contributed by atoms with Crippen LogP contribution in [-0.4, -0.2) is 37.2 Å². The smallest absolute Gasteiger partial charge is 0.234 e. The highest BCUT2D eigenvalue weighted by Crippen LogP contribution is 2.20. The number of hydrogen-bond donors (Lipinski definition) is 2. The van der Waals surface area contributed by atoms with Crippen LogP contribution in [-0.2, 0) is 9.53 Å². The van der Waals surface area contributed by atoms with Gasteiger partial charge in [-0.15, -0.1) is 0 Å². The zero-order chi connectivity index (χ0) is 12.9. The van der Waals surface area contributed by atoms with E-state index in [-0.39, 0.29) is 11.4 Å². The van der Waals surface area contributed by atoms with Crippen LogP contribution in [0.3, 0.4) is 0 Å². The standard InChI is InChI=1S/C13H26N2O2/c1-13(2,3)15-12(16)9-14-10-5-7-11(17-4)8-6-10/h10-11,14H,5-9H2,1-4H3,(H,15,16). The number of methoxy groups -OCH3 is 1.